The number of aldehydes is 1. The van der Waals surface area contributed by atoms with Crippen LogP contribution in [0.3, 0.4) is 0 Å². The minimum Gasteiger partial charge on any atom is -0.308 e. The zero-order chi connectivity index (χ0) is 15.5. The lowest BCUT2D eigenvalue weighted by molar-refractivity contribution is -0.111. The van der Waals surface area contributed by atoms with E-state index in [0.717, 1.165) is 17.0 Å². The Kier molecular flexibility index (Phi) is 8.98. The molecule has 1 atom stereocenters. The Labute approximate surface area is 135 Å². The molecule has 1 heterocycles. The van der Waals surface area contributed by atoms with Crippen LogP contribution >= 0.6 is 23.4 Å². The Morgan fingerprint density at radius 3 is 2.95 bits per heavy atom. The molecule has 0 amide bonds. The Balaban J connectivity index is 2.36. The van der Waals surface area contributed by atoms with Crippen molar-refractivity contribution < 1.29 is 4.79 Å². The van der Waals surface area contributed by atoms with E-state index in [0.29, 0.717) is 32.5 Å². The monoisotopic (exact) mass is 330 g/mol. The number of nitrogens with one attached hydrogen (secondary N) is 1. The van der Waals surface area contributed by atoms with Gasteiger partial charge >= 0.3 is 0 Å². The van der Waals surface area contributed by atoms with E-state index in [4.69, 9.17) is 23.4 Å². The molecule has 5 nitrogen and oxygen atoms in total. The predicted octanol–water partition coefficient (Wildman–Crippen LogP) is 3.07. The lowest BCUT2D eigenvalue weighted by atomic mass is 10.1. The van der Waals surface area contributed by atoms with Gasteiger partial charge in [0.25, 0.3) is 0 Å². The van der Waals surface area contributed by atoms with Gasteiger partial charge in [0, 0.05) is 29.3 Å². The van der Waals surface area contributed by atoms with Crippen molar-refractivity contribution in [2.75, 3.05) is 13.2 Å². The van der Waals surface area contributed by atoms with Crippen molar-refractivity contribution in [1.82, 2.24) is 10.4 Å². The van der Waals surface area contributed by atoms with E-state index in [2.05, 4.69) is 14.9 Å². The van der Waals surface area contributed by atoms with Gasteiger partial charge in [-0.1, -0.05) is 23.8 Å². The van der Waals surface area contributed by atoms with E-state index in [1.54, 1.807) is 6.34 Å². The summed E-state index contributed by atoms with van der Waals surface area (Å²) < 4.78 is 3.66. The summed E-state index contributed by atoms with van der Waals surface area (Å²) >= 11 is 11.6. The van der Waals surface area contributed by atoms with E-state index in [9.17, 15) is 4.79 Å². The topological polar surface area (TPSA) is 57.1 Å². The summed E-state index contributed by atoms with van der Waals surface area (Å²) in [6.45, 7) is 3.09. The number of hydrogen-bond acceptors (Lipinski definition) is 5. The first-order chi connectivity index (χ1) is 10.2. The maximum Gasteiger partial charge on any atom is 0.124 e. The Morgan fingerprint density at radius 1 is 1.57 bits per heavy atom. The molecule has 0 spiro atoms. The molecule has 0 saturated carbocycles. The maximum absolute atomic E-state index is 11.1. The van der Waals surface area contributed by atoms with Crippen LogP contribution in [0.5, 0.6) is 0 Å². The van der Waals surface area contributed by atoms with Crippen LogP contribution in [0.25, 0.3) is 0 Å². The van der Waals surface area contributed by atoms with Gasteiger partial charge in [0.1, 0.15) is 13.0 Å². The Bertz CT molecular complexity index is 438. The molecule has 0 aliphatic carbocycles. The maximum atomic E-state index is 11.1. The molecular formula is C14H20Cl2N4O. The average molecular weight is 331 g/mol. The van der Waals surface area contributed by atoms with Crippen molar-refractivity contribution in [3.05, 3.63) is 23.3 Å². The molecule has 0 aromatic rings. The lowest BCUT2D eigenvalue weighted by Gasteiger charge is -2.17. The van der Waals surface area contributed by atoms with Crippen LogP contribution in [0, 0.1) is 5.92 Å². The summed E-state index contributed by atoms with van der Waals surface area (Å²) in [6, 6.07) is 0. The number of allylic oxidation sites excluding steroid dienone is 4. The molecule has 0 bridgehead atoms. The number of carbonyl (C=O) groups excluding carboxylic acids is 1. The van der Waals surface area contributed by atoms with Crippen LogP contribution in [-0.2, 0) is 4.79 Å². The summed E-state index contributed by atoms with van der Waals surface area (Å²) in [6.07, 6.45) is 10.1. The largest absolute Gasteiger partial charge is 0.308 e. The molecule has 1 aliphatic heterocycles. The fraction of sp³-hybridized carbons (Fsp3) is 0.500. The third-order valence-corrected chi connectivity index (χ3v) is 3.52. The van der Waals surface area contributed by atoms with Crippen molar-refractivity contribution in [2.45, 2.75) is 26.2 Å². The van der Waals surface area contributed by atoms with E-state index < -0.39 is 0 Å². The van der Waals surface area contributed by atoms with Crippen molar-refractivity contribution in [3.8, 4) is 0 Å². The van der Waals surface area contributed by atoms with Gasteiger partial charge in [-0.05, 0) is 32.3 Å². The fourth-order valence-corrected chi connectivity index (χ4v) is 2.17. The van der Waals surface area contributed by atoms with Crippen LogP contribution in [0.2, 0.25) is 0 Å². The van der Waals surface area contributed by atoms with Gasteiger partial charge in [0.05, 0.1) is 12.1 Å². The molecule has 0 aromatic carbocycles. The summed E-state index contributed by atoms with van der Waals surface area (Å²) in [4.78, 5) is 15.1. The second kappa shape index (κ2) is 10.5. The zero-order valence-electron chi connectivity index (χ0n) is 12.0. The lowest BCUT2D eigenvalue weighted by Crippen LogP contribution is -2.36. The molecule has 7 heteroatoms. The van der Waals surface area contributed by atoms with Gasteiger partial charge in [-0.3, -0.25) is 4.99 Å². The Hall–Kier alpha value is -1.17. The molecule has 0 radical (unpaired) electrons. The smallest absolute Gasteiger partial charge is 0.124 e. The number of carbonyl (C=O) groups is 1. The average Bonchev–Trinajstić information content (AvgIpc) is 3.00. The minimum absolute atomic E-state index is 0.107. The normalized spacial score (nSPS) is 18.2. The third kappa shape index (κ3) is 7.41. The van der Waals surface area contributed by atoms with Crippen LogP contribution < -0.4 is 5.43 Å². The summed E-state index contributed by atoms with van der Waals surface area (Å²) in [5.41, 5.74) is 3.75. The fourth-order valence-electron chi connectivity index (χ4n) is 1.84. The van der Waals surface area contributed by atoms with Gasteiger partial charge in [-0.15, -0.1) is 0 Å². The van der Waals surface area contributed by atoms with Gasteiger partial charge in [0.2, 0.25) is 0 Å². The minimum atomic E-state index is -0.107. The highest BCUT2D eigenvalue weighted by molar-refractivity contribution is 6.29. The highest BCUT2D eigenvalue weighted by atomic mass is 35.5. The van der Waals surface area contributed by atoms with Crippen LogP contribution in [0.1, 0.15) is 26.2 Å². The number of aliphatic imine (C=N–C) groups is 1. The van der Waals surface area contributed by atoms with Crippen molar-refractivity contribution in [2.24, 2.45) is 15.4 Å². The molecule has 1 aliphatic rings. The number of halogens is 2. The summed E-state index contributed by atoms with van der Waals surface area (Å²) in [5, 5.41) is 2.60. The van der Waals surface area contributed by atoms with E-state index in [1.165, 1.54) is 0 Å². The van der Waals surface area contributed by atoms with Crippen LogP contribution in [0.4, 0.5) is 0 Å². The third-order valence-electron chi connectivity index (χ3n) is 2.96. The quantitative estimate of drug-likeness (QED) is 0.522. The molecule has 0 saturated heterocycles. The van der Waals surface area contributed by atoms with Crippen LogP contribution in [-0.4, -0.2) is 36.6 Å². The van der Waals surface area contributed by atoms with Crippen molar-refractivity contribution in [3.63, 3.8) is 0 Å². The second-order valence-corrected chi connectivity index (χ2v) is 5.32. The molecular weight excluding hydrogens is 311 g/mol. The van der Waals surface area contributed by atoms with E-state index in [-0.39, 0.29) is 5.92 Å². The second-order valence-electron chi connectivity index (χ2n) is 4.66. The molecule has 1 rings (SSSR count). The summed E-state index contributed by atoms with van der Waals surface area (Å²) in [5.74, 6) is -0.107. The molecule has 1 unspecified atom stereocenters. The van der Waals surface area contributed by atoms with Crippen molar-refractivity contribution >= 4 is 41.7 Å². The first-order valence-electron chi connectivity index (χ1n) is 6.79. The SMILES string of the molecule is C/C=C\C(CCC(Cl)=CCC(C=O)CN1CN=CN1)=NCl. The number of nitrogens with zero attached hydrogens (tertiary/aromatic N) is 3. The molecule has 0 fully saturated rings. The standard InChI is InChI=1S/C14H20Cl2N4O/c1-2-3-14(19-16)7-6-13(15)5-4-12(9-21)8-20-11-17-10-18-20/h2-3,5,9-10,12H,4,6-8,11H2,1H3,(H,17,18)/b3-2-,13-5?,19-14?. The van der Waals surface area contributed by atoms with Gasteiger partial charge in [0.15, 0.2) is 0 Å². The number of hydrogen-bond donors (Lipinski definition) is 1. The molecule has 116 valence electrons. The van der Waals surface area contributed by atoms with E-state index in [1.807, 2.05) is 30.2 Å². The highest BCUT2D eigenvalue weighted by Gasteiger charge is 2.14. The predicted molar refractivity (Wildman–Crippen MR) is 88.6 cm³/mol. The molecule has 1 N–H and O–H groups in total. The summed E-state index contributed by atoms with van der Waals surface area (Å²) in [7, 11) is 0. The van der Waals surface area contributed by atoms with E-state index >= 15 is 0 Å². The molecule has 21 heavy (non-hydrogen) atoms. The first kappa shape index (κ1) is 17.9. The van der Waals surface area contributed by atoms with Crippen molar-refractivity contribution in [1.29, 1.82) is 0 Å². The van der Waals surface area contributed by atoms with Gasteiger partial charge in [-0.25, -0.2) is 5.01 Å². The zero-order valence-corrected chi connectivity index (χ0v) is 13.5. The van der Waals surface area contributed by atoms with Gasteiger partial charge < -0.3 is 10.2 Å². The highest BCUT2D eigenvalue weighted by Crippen LogP contribution is 2.15. The Morgan fingerprint density at radius 2 is 2.38 bits per heavy atom. The number of hydrazine groups is 1. The first-order valence-corrected chi connectivity index (χ1v) is 7.51. The number of rotatable bonds is 9. The van der Waals surface area contributed by atoms with Gasteiger partial charge in [-0.2, -0.15) is 4.51 Å². The van der Waals surface area contributed by atoms with Crippen LogP contribution in [0.15, 0.2) is 32.8 Å². The molecule has 0 aromatic heterocycles.